The van der Waals surface area contributed by atoms with Crippen LogP contribution in [0.3, 0.4) is 0 Å². The Morgan fingerprint density at radius 1 is 1.33 bits per heavy atom. The van der Waals surface area contributed by atoms with E-state index in [0.717, 1.165) is 24.2 Å². The van der Waals surface area contributed by atoms with Crippen LogP contribution < -0.4 is 5.32 Å². The first-order chi connectivity index (χ1) is 9.99. The lowest BCUT2D eigenvalue weighted by Gasteiger charge is -2.35. The van der Waals surface area contributed by atoms with E-state index in [2.05, 4.69) is 55.9 Å². The van der Waals surface area contributed by atoms with Crippen LogP contribution in [0.1, 0.15) is 58.3 Å². The van der Waals surface area contributed by atoms with E-state index in [0.29, 0.717) is 6.04 Å². The average molecular weight is 291 g/mol. The van der Waals surface area contributed by atoms with Crippen LogP contribution in [0.15, 0.2) is 6.07 Å². The Balaban J connectivity index is 2.03. The fraction of sp³-hybridized carbons (Fsp3) is 0.833. The van der Waals surface area contributed by atoms with Crippen molar-refractivity contribution in [1.82, 2.24) is 15.1 Å². The van der Waals surface area contributed by atoms with Gasteiger partial charge in [-0.1, -0.05) is 34.1 Å². The summed E-state index contributed by atoms with van der Waals surface area (Å²) in [5.41, 5.74) is 2.65. The summed E-state index contributed by atoms with van der Waals surface area (Å²) in [6.07, 6.45) is 6.37. The van der Waals surface area contributed by atoms with E-state index in [9.17, 15) is 0 Å². The molecule has 0 saturated heterocycles. The summed E-state index contributed by atoms with van der Waals surface area (Å²) in [4.78, 5) is 0. The van der Waals surface area contributed by atoms with Crippen LogP contribution in [-0.2, 0) is 19.9 Å². The molecular formula is C18H33N3. The Bertz CT molecular complexity index is 436. The normalized spacial score (nSPS) is 26.5. The summed E-state index contributed by atoms with van der Waals surface area (Å²) in [5, 5.41) is 8.27. The van der Waals surface area contributed by atoms with Gasteiger partial charge in [-0.2, -0.15) is 5.10 Å². The van der Waals surface area contributed by atoms with Gasteiger partial charge >= 0.3 is 0 Å². The molecule has 120 valence electrons. The Morgan fingerprint density at radius 3 is 2.71 bits per heavy atom. The van der Waals surface area contributed by atoms with E-state index >= 15 is 0 Å². The van der Waals surface area contributed by atoms with Gasteiger partial charge in [-0.25, -0.2) is 0 Å². The van der Waals surface area contributed by atoms with Gasteiger partial charge in [0.05, 0.1) is 5.69 Å². The first kappa shape index (κ1) is 16.5. The highest BCUT2D eigenvalue weighted by molar-refractivity contribution is 5.11. The minimum absolute atomic E-state index is 0.591. The molecule has 1 aromatic rings. The molecule has 0 aromatic carbocycles. The molecule has 3 nitrogen and oxygen atoms in total. The Hall–Kier alpha value is -0.830. The molecule has 1 N–H and O–H groups in total. The smallest absolute Gasteiger partial charge is 0.0624 e. The van der Waals surface area contributed by atoms with E-state index in [1.807, 2.05) is 0 Å². The number of aryl methyl sites for hydroxylation is 2. The van der Waals surface area contributed by atoms with E-state index < -0.39 is 0 Å². The van der Waals surface area contributed by atoms with Crippen molar-refractivity contribution in [3.63, 3.8) is 0 Å². The van der Waals surface area contributed by atoms with Crippen molar-refractivity contribution < 1.29 is 0 Å². The second kappa shape index (κ2) is 7.44. The molecular weight excluding hydrogens is 258 g/mol. The average Bonchev–Trinajstić information content (AvgIpc) is 2.78. The third kappa shape index (κ3) is 4.57. The standard InChI is InChI=1S/C18H33N3/c1-6-17-11-18(21(5)20-17)10-16-9-14(4)7-8-15(16)12-19-13(2)3/h11,13-16,19H,6-10,12H2,1-5H3. The van der Waals surface area contributed by atoms with Crippen LogP contribution >= 0.6 is 0 Å². The van der Waals surface area contributed by atoms with Crippen molar-refractivity contribution in [2.75, 3.05) is 6.54 Å². The maximum Gasteiger partial charge on any atom is 0.0624 e. The third-order valence-corrected chi connectivity index (χ3v) is 5.05. The third-order valence-electron chi connectivity index (χ3n) is 5.05. The highest BCUT2D eigenvalue weighted by atomic mass is 15.3. The van der Waals surface area contributed by atoms with Crippen molar-refractivity contribution >= 4 is 0 Å². The lowest BCUT2D eigenvalue weighted by atomic mass is 9.72. The molecule has 1 saturated carbocycles. The maximum absolute atomic E-state index is 4.61. The molecule has 0 aliphatic heterocycles. The number of nitrogens with zero attached hydrogens (tertiary/aromatic N) is 2. The first-order valence-electron chi connectivity index (χ1n) is 8.74. The molecule has 3 heteroatoms. The predicted octanol–water partition coefficient (Wildman–Crippen LogP) is 3.58. The van der Waals surface area contributed by atoms with Gasteiger partial charge in [-0.3, -0.25) is 4.68 Å². The number of hydrogen-bond donors (Lipinski definition) is 1. The summed E-state index contributed by atoms with van der Waals surface area (Å²) in [5.74, 6) is 2.51. The van der Waals surface area contributed by atoms with Gasteiger partial charge in [0, 0.05) is 18.8 Å². The predicted molar refractivity (Wildman–Crippen MR) is 89.4 cm³/mol. The largest absolute Gasteiger partial charge is 0.314 e. The van der Waals surface area contributed by atoms with E-state index in [4.69, 9.17) is 0 Å². The molecule has 3 atom stereocenters. The molecule has 2 rings (SSSR count). The van der Waals surface area contributed by atoms with E-state index in [1.54, 1.807) is 0 Å². The topological polar surface area (TPSA) is 29.9 Å². The van der Waals surface area contributed by atoms with Crippen molar-refractivity contribution in [1.29, 1.82) is 0 Å². The van der Waals surface area contributed by atoms with Crippen LogP contribution in [0, 0.1) is 17.8 Å². The minimum Gasteiger partial charge on any atom is -0.314 e. The van der Waals surface area contributed by atoms with Gasteiger partial charge in [0.25, 0.3) is 0 Å². The van der Waals surface area contributed by atoms with Crippen molar-refractivity contribution in [3.8, 4) is 0 Å². The highest BCUT2D eigenvalue weighted by Gasteiger charge is 2.29. The van der Waals surface area contributed by atoms with Gasteiger partial charge in [0.15, 0.2) is 0 Å². The lowest BCUT2D eigenvalue weighted by molar-refractivity contribution is 0.179. The second-order valence-electron chi connectivity index (χ2n) is 7.31. The van der Waals surface area contributed by atoms with E-state index in [1.165, 1.54) is 43.6 Å². The zero-order chi connectivity index (χ0) is 15.4. The zero-order valence-electron chi connectivity index (χ0n) is 14.5. The van der Waals surface area contributed by atoms with Gasteiger partial charge in [-0.05, 0) is 56.0 Å². The molecule has 3 unspecified atom stereocenters. The van der Waals surface area contributed by atoms with Crippen molar-refractivity contribution in [2.24, 2.45) is 24.8 Å². The van der Waals surface area contributed by atoms with Crippen LogP contribution in [-0.4, -0.2) is 22.4 Å². The number of aromatic nitrogens is 2. The van der Waals surface area contributed by atoms with Crippen LogP contribution in [0.4, 0.5) is 0 Å². The van der Waals surface area contributed by atoms with Gasteiger partial charge < -0.3 is 5.32 Å². The minimum atomic E-state index is 0.591. The first-order valence-corrected chi connectivity index (χ1v) is 8.74. The van der Waals surface area contributed by atoms with Crippen LogP contribution in [0.25, 0.3) is 0 Å². The summed E-state index contributed by atoms with van der Waals surface area (Å²) in [6.45, 7) is 10.3. The van der Waals surface area contributed by atoms with E-state index in [-0.39, 0.29) is 0 Å². The summed E-state index contributed by atoms with van der Waals surface area (Å²) >= 11 is 0. The zero-order valence-corrected chi connectivity index (χ0v) is 14.5. The second-order valence-corrected chi connectivity index (χ2v) is 7.31. The monoisotopic (exact) mass is 291 g/mol. The highest BCUT2D eigenvalue weighted by Crippen LogP contribution is 2.35. The molecule has 1 aliphatic rings. The van der Waals surface area contributed by atoms with Crippen molar-refractivity contribution in [2.45, 2.75) is 65.8 Å². The van der Waals surface area contributed by atoms with Crippen molar-refractivity contribution in [3.05, 3.63) is 17.5 Å². The molecule has 1 fully saturated rings. The molecule has 1 heterocycles. The molecule has 1 aromatic heterocycles. The van der Waals surface area contributed by atoms with Gasteiger partial charge in [-0.15, -0.1) is 0 Å². The molecule has 0 bridgehead atoms. The molecule has 0 radical (unpaired) electrons. The fourth-order valence-electron chi connectivity index (χ4n) is 3.67. The molecule has 1 aliphatic carbocycles. The summed E-state index contributed by atoms with van der Waals surface area (Å²) < 4.78 is 2.10. The maximum atomic E-state index is 4.61. The molecule has 21 heavy (non-hydrogen) atoms. The number of hydrogen-bond acceptors (Lipinski definition) is 2. The quantitative estimate of drug-likeness (QED) is 0.868. The Morgan fingerprint density at radius 2 is 2.10 bits per heavy atom. The van der Waals surface area contributed by atoms with Crippen LogP contribution in [0.5, 0.6) is 0 Å². The summed E-state index contributed by atoms with van der Waals surface area (Å²) in [6, 6.07) is 2.90. The summed E-state index contributed by atoms with van der Waals surface area (Å²) in [7, 11) is 2.10. The molecule has 0 spiro atoms. The Kier molecular flexibility index (Phi) is 5.86. The SMILES string of the molecule is CCc1cc(CC2CC(C)CCC2CNC(C)C)n(C)n1. The number of nitrogens with one attached hydrogen (secondary N) is 1. The van der Waals surface area contributed by atoms with Crippen LogP contribution in [0.2, 0.25) is 0 Å². The lowest BCUT2D eigenvalue weighted by Crippen LogP contribution is -2.36. The fourth-order valence-corrected chi connectivity index (χ4v) is 3.67. The number of rotatable bonds is 6. The molecule has 0 amide bonds. The van der Waals surface area contributed by atoms with Gasteiger partial charge in [0.2, 0.25) is 0 Å². The Labute approximate surface area is 130 Å². The van der Waals surface area contributed by atoms with Gasteiger partial charge in [0.1, 0.15) is 0 Å².